The summed E-state index contributed by atoms with van der Waals surface area (Å²) in [5.74, 6) is 2.07. The standard InChI is InChI=1S/C37H32N3O.C18H24NSi.Ir/c1-22(2)30-20-26(25-12-7-6-8-13-25)21-31(23(3)4)34(30)40-33-17-10-9-16-32(33)39-36(40)29-15-11-14-27-28-19-18-24(5)38-37(28)41-35(27)29;1-14(2)11-16-12-17(15-9-7-6-8-10-15)19-13-18(16)20(3,4)5;/h6-14,16-23H,1-5H3;6-9,12-14H,11H2,1-5H3;/q2*-1;. The maximum Gasteiger partial charge on any atom is 0.216 e. The molecule has 5 nitrogen and oxygen atoms in total. The van der Waals surface area contributed by atoms with Crippen molar-refractivity contribution in [1.29, 1.82) is 0 Å². The fourth-order valence-corrected chi connectivity index (χ4v) is 9.99. The number of nitrogens with zero attached hydrogens (tertiary/aromatic N) is 4. The van der Waals surface area contributed by atoms with E-state index in [0.717, 1.165) is 62.1 Å². The molecule has 7 heteroatoms. The van der Waals surface area contributed by atoms with Gasteiger partial charge in [0.2, 0.25) is 5.71 Å². The van der Waals surface area contributed by atoms with Gasteiger partial charge in [0.15, 0.2) is 0 Å². The fraction of sp³-hybridized carbons (Fsp3) is 0.255. The number of fused-ring (bicyclic) bond motifs is 4. The van der Waals surface area contributed by atoms with E-state index in [1.54, 1.807) is 0 Å². The van der Waals surface area contributed by atoms with Gasteiger partial charge in [0.05, 0.1) is 30.5 Å². The molecule has 0 saturated heterocycles. The molecule has 0 amide bonds. The van der Waals surface area contributed by atoms with E-state index in [1.807, 2.05) is 43.3 Å². The summed E-state index contributed by atoms with van der Waals surface area (Å²) < 4.78 is 8.78. The maximum atomic E-state index is 6.44. The Morgan fingerprint density at radius 3 is 2.05 bits per heavy atom. The van der Waals surface area contributed by atoms with Gasteiger partial charge in [-0.25, -0.2) is 4.98 Å². The van der Waals surface area contributed by atoms with E-state index in [4.69, 9.17) is 9.40 Å². The second kappa shape index (κ2) is 18.5. The van der Waals surface area contributed by atoms with Crippen molar-refractivity contribution in [3.63, 3.8) is 0 Å². The van der Waals surface area contributed by atoms with Crippen LogP contribution in [0.2, 0.25) is 19.6 Å². The Kier molecular flexibility index (Phi) is 13.3. The Balaban J connectivity index is 0.000000233. The Bertz CT molecular complexity index is 2950. The van der Waals surface area contributed by atoms with Crippen LogP contribution in [0.4, 0.5) is 0 Å². The number of hydrogen-bond donors (Lipinski definition) is 0. The molecule has 0 bridgehead atoms. The molecule has 0 fully saturated rings. The number of benzene rings is 5. The van der Waals surface area contributed by atoms with E-state index < -0.39 is 8.07 Å². The minimum Gasteiger partial charge on any atom is -0.486 e. The van der Waals surface area contributed by atoms with Crippen LogP contribution in [-0.2, 0) is 26.5 Å². The third kappa shape index (κ3) is 9.03. The predicted octanol–water partition coefficient (Wildman–Crippen LogP) is 14.3. The normalized spacial score (nSPS) is 11.8. The van der Waals surface area contributed by atoms with Gasteiger partial charge >= 0.3 is 0 Å². The molecule has 0 aliphatic carbocycles. The molecule has 0 atom stereocenters. The second-order valence-electron chi connectivity index (χ2n) is 18.3. The van der Waals surface area contributed by atoms with Gasteiger partial charge < -0.3 is 14.0 Å². The third-order valence-corrected chi connectivity index (χ3v) is 13.4. The molecule has 9 aromatic rings. The molecule has 4 aromatic heterocycles. The summed E-state index contributed by atoms with van der Waals surface area (Å²) in [6, 6.07) is 49.0. The smallest absolute Gasteiger partial charge is 0.216 e. The number of pyridine rings is 2. The monoisotopic (exact) mass is 1010 g/mol. The van der Waals surface area contributed by atoms with Gasteiger partial charge in [0.25, 0.3) is 0 Å². The molecule has 0 spiro atoms. The maximum absolute atomic E-state index is 6.44. The van der Waals surface area contributed by atoms with Crippen LogP contribution in [0.15, 0.2) is 132 Å². The first kappa shape index (κ1) is 44.6. The van der Waals surface area contributed by atoms with Crippen molar-refractivity contribution in [2.75, 3.05) is 0 Å². The molecule has 0 aliphatic rings. The van der Waals surface area contributed by atoms with Crippen LogP contribution >= 0.6 is 0 Å². The molecule has 5 aromatic carbocycles. The van der Waals surface area contributed by atoms with Gasteiger partial charge in [-0.2, -0.15) is 0 Å². The molecule has 317 valence electrons. The predicted molar refractivity (Wildman–Crippen MR) is 259 cm³/mol. The van der Waals surface area contributed by atoms with Gasteiger partial charge in [-0.05, 0) is 101 Å². The van der Waals surface area contributed by atoms with Crippen LogP contribution in [0.3, 0.4) is 0 Å². The summed E-state index contributed by atoms with van der Waals surface area (Å²) >= 11 is 0. The average Bonchev–Trinajstić information content (AvgIpc) is 3.81. The number of aromatic nitrogens is 4. The zero-order chi connectivity index (χ0) is 43.0. The van der Waals surface area contributed by atoms with Gasteiger partial charge in [-0.3, -0.25) is 4.98 Å². The molecule has 0 aliphatic heterocycles. The van der Waals surface area contributed by atoms with Crippen LogP contribution in [0.5, 0.6) is 0 Å². The van der Waals surface area contributed by atoms with Crippen LogP contribution < -0.4 is 5.19 Å². The number of imidazole rings is 1. The Hall–Kier alpha value is -5.46. The molecule has 9 rings (SSSR count). The van der Waals surface area contributed by atoms with E-state index in [2.05, 4.69) is 179 Å². The first-order valence-corrected chi connectivity index (χ1v) is 25.2. The average molecular weight is 1010 g/mol. The zero-order valence-electron chi connectivity index (χ0n) is 37.6. The quantitative estimate of drug-likeness (QED) is 0.107. The molecule has 0 unspecified atom stereocenters. The number of para-hydroxylation sites is 2. The van der Waals surface area contributed by atoms with Crippen molar-refractivity contribution in [2.24, 2.45) is 5.92 Å². The van der Waals surface area contributed by atoms with Crippen LogP contribution in [-0.4, -0.2) is 27.6 Å². The van der Waals surface area contributed by atoms with E-state index in [-0.39, 0.29) is 20.1 Å². The third-order valence-electron chi connectivity index (χ3n) is 11.4. The van der Waals surface area contributed by atoms with E-state index in [0.29, 0.717) is 23.5 Å². The van der Waals surface area contributed by atoms with Crippen LogP contribution in [0.25, 0.3) is 72.6 Å². The Morgan fingerprint density at radius 2 is 1.39 bits per heavy atom. The number of hydrogen-bond acceptors (Lipinski definition) is 4. The van der Waals surface area contributed by atoms with Crippen molar-refractivity contribution < 1.29 is 24.5 Å². The Labute approximate surface area is 382 Å². The van der Waals surface area contributed by atoms with Crippen molar-refractivity contribution in [3.05, 3.63) is 162 Å². The first-order chi connectivity index (χ1) is 29.3. The minimum absolute atomic E-state index is 0. The van der Waals surface area contributed by atoms with E-state index in [1.165, 1.54) is 38.7 Å². The van der Waals surface area contributed by atoms with E-state index in [9.17, 15) is 0 Å². The molecule has 4 heterocycles. The number of aryl methyl sites for hydroxylation is 1. The largest absolute Gasteiger partial charge is 0.486 e. The summed E-state index contributed by atoms with van der Waals surface area (Å²) in [5.41, 5.74) is 15.0. The Morgan fingerprint density at radius 1 is 0.694 bits per heavy atom. The summed E-state index contributed by atoms with van der Waals surface area (Å²) in [6.45, 7) is 22.8. The molecule has 0 saturated carbocycles. The van der Waals surface area contributed by atoms with Crippen molar-refractivity contribution in [2.45, 2.75) is 86.4 Å². The van der Waals surface area contributed by atoms with Crippen LogP contribution in [0, 0.1) is 25.0 Å². The van der Waals surface area contributed by atoms with E-state index >= 15 is 0 Å². The van der Waals surface area contributed by atoms with Gasteiger partial charge in [-0.1, -0.05) is 126 Å². The molecule has 0 N–H and O–H groups in total. The topological polar surface area (TPSA) is 56.7 Å². The number of rotatable bonds is 9. The summed E-state index contributed by atoms with van der Waals surface area (Å²) in [6.07, 6.45) is 3.24. The van der Waals surface area contributed by atoms with Gasteiger partial charge in [0, 0.05) is 43.1 Å². The minimum atomic E-state index is -1.34. The summed E-state index contributed by atoms with van der Waals surface area (Å²) in [4.78, 5) is 14.6. The first-order valence-electron chi connectivity index (χ1n) is 21.7. The second-order valence-corrected chi connectivity index (χ2v) is 23.3. The molecular weight excluding hydrogens is 953 g/mol. The number of furan rings is 1. The van der Waals surface area contributed by atoms with Gasteiger partial charge in [0.1, 0.15) is 0 Å². The molecular formula is C55H56IrN4OSi-2. The fourth-order valence-electron chi connectivity index (χ4n) is 8.40. The molecule has 62 heavy (non-hydrogen) atoms. The van der Waals surface area contributed by atoms with Crippen molar-refractivity contribution in [1.82, 2.24) is 19.5 Å². The van der Waals surface area contributed by atoms with Gasteiger partial charge in [-0.15, -0.1) is 54.1 Å². The zero-order valence-corrected chi connectivity index (χ0v) is 41.0. The van der Waals surface area contributed by atoms with Crippen LogP contribution in [0.1, 0.15) is 75.8 Å². The molecule has 1 radical (unpaired) electrons. The summed E-state index contributed by atoms with van der Waals surface area (Å²) in [5, 5.41) is 3.51. The SMILES string of the molecule is CC(C)Cc1cc(-c2[c-]cccc2)ncc1[Si](C)(C)C.Cc1ccc2c(n1)oc1c(-c3nc4ccccc4n3-c3c(C(C)C)cc(-c4ccccc4)cc3C(C)C)[c-]ccc12.[Ir]. The van der Waals surface area contributed by atoms with Crippen molar-refractivity contribution in [3.8, 4) is 39.5 Å². The van der Waals surface area contributed by atoms with Crippen molar-refractivity contribution >= 4 is 46.4 Å². The summed E-state index contributed by atoms with van der Waals surface area (Å²) in [7, 11) is -1.34.